The second-order valence-corrected chi connectivity index (χ2v) is 8.99. The average molecular weight is 494 g/mol. The van der Waals surface area contributed by atoms with Crippen molar-refractivity contribution < 1.29 is 24.2 Å². The molecule has 1 fully saturated rings. The number of carboxylic acid groups (broad SMARTS) is 1. The van der Waals surface area contributed by atoms with Crippen molar-refractivity contribution in [2.24, 2.45) is 5.92 Å². The van der Waals surface area contributed by atoms with Crippen molar-refractivity contribution in [2.45, 2.75) is 32.6 Å². The molecule has 36 heavy (non-hydrogen) atoms. The molecule has 3 heterocycles. The van der Waals surface area contributed by atoms with Crippen molar-refractivity contribution in [1.29, 1.82) is 0 Å². The van der Waals surface area contributed by atoms with Gasteiger partial charge in [0.1, 0.15) is 18.2 Å². The topological polar surface area (TPSA) is 129 Å². The number of aliphatic carboxylic acids is 1. The van der Waals surface area contributed by atoms with Crippen LogP contribution in [-0.2, 0) is 17.6 Å². The Kier molecular flexibility index (Phi) is 7.72. The lowest BCUT2D eigenvalue weighted by Gasteiger charge is -2.33. The van der Waals surface area contributed by atoms with Gasteiger partial charge >= 0.3 is 5.97 Å². The zero-order chi connectivity index (χ0) is 25.7. The van der Waals surface area contributed by atoms with Crippen molar-refractivity contribution in [3.63, 3.8) is 0 Å². The number of nitrogens with zero attached hydrogens (tertiary/aromatic N) is 4. The largest absolute Gasteiger partial charge is 0.504 e. The minimum atomic E-state index is -1.18. The van der Waals surface area contributed by atoms with Gasteiger partial charge in [0.15, 0.2) is 11.4 Å². The van der Waals surface area contributed by atoms with Gasteiger partial charge in [0.2, 0.25) is 0 Å². The Hall–Kier alpha value is -4.08. The number of nitrogens with one attached hydrogen (secondary N) is 1. The summed E-state index contributed by atoms with van der Waals surface area (Å²) < 4.78 is 13.4. The molecule has 9 nitrogen and oxygen atoms in total. The van der Waals surface area contributed by atoms with Crippen LogP contribution in [0.3, 0.4) is 0 Å². The van der Waals surface area contributed by atoms with E-state index in [9.17, 15) is 19.1 Å². The molecule has 1 aliphatic rings. The average Bonchev–Trinajstić information content (AvgIpc) is 2.85. The van der Waals surface area contributed by atoms with Crippen LogP contribution in [0.4, 0.5) is 10.1 Å². The molecule has 10 heteroatoms. The van der Waals surface area contributed by atoms with Crippen LogP contribution in [0.5, 0.6) is 5.75 Å². The van der Waals surface area contributed by atoms with Gasteiger partial charge in [-0.2, -0.15) is 0 Å². The SMILES string of the molecule is Cc1nc(CC2CCN(c3ccc(Cc4cncc(F)c4)cc3)CC2)nc(C(=O)NCC(=O)O)c1O. The van der Waals surface area contributed by atoms with E-state index in [1.165, 1.54) is 12.3 Å². The highest BCUT2D eigenvalue weighted by atomic mass is 19.1. The fourth-order valence-corrected chi connectivity index (χ4v) is 4.38. The van der Waals surface area contributed by atoms with E-state index in [0.717, 1.165) is 42.7 Å². The van der Waals surface area contributed by atoms with Crippen molar-refractivity contribution in [1.82, 2.24) is 20.3 Å². The van der Waals surface area contributed by atoms with E-state index < -0.39 is 18.4 Å². The molecule has 2 aromatic heterocycles. The van der Waals surface area contributed by atoms with Crippen LogP contribution < -0.4 is 10.2 Å². The van der Waals surface area contributed by atoms with Gasteiger partial charge in [-0.25, -0.2) is 14.4 Å². The fraction of sp³-hybridized carbons (Fsp3) is 0.346. The number of pyridine rings is 1. The number of aromatic hydroxyl groups is 1. The lowest BCUT2D eigenvalue weighted by molar-refractivity contribution is -0.135. The predicted octanol–water partition coefficient (Wildman–Crippen LogP) is 2.89. The molecule has 0 spiro atoms. The Morgan fingerprint density at radius 1 is 1.11 bits per heavy atom. The van der Waals surface area contributed by atoms with Gasteiger partial charge in [0, 0.05) is 31.4 Å². The molecule has 3 aromatic rings. The molecule has 1 amide bonds. The second-order valence-electron chi connectivity index (χ2n) is 8.99. The predicted molar refractivity (Wildman–Crippen MR) is 130 cm³/mol. The third-order valence-corrected chi connectivity index (χ3v) is 6.28. The van der Waals surface area contributed by atoms with E-state index in [4.69, 9.17) is 5.11 Å². The summed E-state index contributed by atoms with van der Waals surface area (Å²) in [4.78, 5) is 37.7. The van der Waals surface area contributed by atoms with Crippen LogP contribution in [0, 0.1) is 18.7 Å². The third-order valence-electron chi connectivity index (χ3n) is 6.28. The number of anilines is 1. The molecular weight excluding hydrogens is 465 g/mol. The number of amides is 1. The third kappa shape index (κ3) is 6.32. The maximum absolute atomic E-state index is 13.4. The quantitative estimate of drug-likeness (QED) is 0.437. The number of piperidine rings is 1. The van der Waals surface area contributed by atoms with E-state index >= 15 is 0 Å². The Labute approximate surface area is 208 Å². The standard InChI is InChI=1S/C26H28FN5O4/c1-16-25(35)24(26(36)29-15-23(33)34)31-22(30-16)12-18-6-8-32(9-7-18)21-4-2-17(3-5-21)10-19-11-20(27)14-28-13-19/h2-5,11,13-14,18,35H,6-10,12,15H2,1H3,(H,29,36)(H,33,34). The number of hydrogen-bond acceptors (Lipinski definition) is 7. The summed E-state index contributed by atoms with van der Waals surface area (Å²) in [6.07, 6.45) is 5.89. The summed E-state index contributed by atoms with van der Waals surface area (Å²) in [5, 5.41) is 21.2. The molecule has 0 aliphatic carbocycles. The number of carbonyl (C=O) groups is 2. The van der Waals surface area contributed by atoms with E-state index in [2.05, 4.69) is 49.4 Å². The minimum Gasteiger partial charge on any atom is -0.504 e. The highest BCUT2D eigenvalue weighted by Gasteiger charge is 2.23. The Balaban J connectivity index is 1.33. The lowest BCUT2D eigenvalue weighted by Crippen LogP contribution is -2.34. The Bertz CT molecular complexity index is 1240. The van der Waals surface area contributed by atoms with Crippen molar-refractivity contribution >= 4 is 17.6 Å². The molecular formula is C26H28FN5O4. The molecule has 0 atom stereocenters. The minimum absolute atomic E-state index is 0.203. The molecule has 188 valence electrons. The Morgan fingerprint density at radius 3 is 2.50 bits per heavy atom. The molecule has 0 bridgehead atoms. The summed E-state index contributed by atoms with van der Waals surface area (Å²) in [6, 6.07) is 9.76. The van der Waals surface area contributed by atoms with Crippen LogP contribution in [0.2, 0.25) is 0 Å². The van der Waals surface area contributed by atoms with Crippen LogP contribution in [-0.4, -0.2) is 56.7 Å². The number of carboxylic acids is 1. The summed E-state index contributed by atoms with van der Waals surface area (Å²) in [5.74, 6) is -1.82. The first-order chi connectivity index (χ1) is 17.3. The molecule has 1 saturated heterocycles. The summed E-state index contributed by atoms with van der Waals surface area (Å²) in [5.41, 5.74) is 3.13. The number of carbonyl (C=O) groups excluding carboxylic acids is 1. The zero-order valence-corrected chi connectivity index (χ0v) is 19.9. The highest BCUT2D eigenvalue weighted by Crippen LogP contribution is 2.27. The number of hydrogen-bond donors (Lipinski definition) is 3. The van der Waals surface area contributed by atoms with E-state index in [0.29, 0.717) is 24.6 Å². The molecule has 1 aromatic carbocycles. The fourth-order valence-electron chi connectivity index (χ4n) is 4.38. The number of halogens is 1. The smallest absolute Gasteiger partial charge is 0.322 e. The molecule has 0 radical (unpaired) electrons. The van der Waals surface area contributed by atoms with Gasteiger partial charge < -0.3 is 20.4 Å². The molecule has 0 saturated carbocycles. The van der Waals surface area contributed by atoms with Crippen LogP contribution in [0.25, 0.3) is 0 Å². The van der Waals surface area contributed by atoms with E-state index in [1.807, 2.05) is 0 Å². The maximum Gasteiger partial charge on any atom is 0.322 e. The Morgan fingerprint density at radius 2 is 1.83 bits per heavy atom. The summed E-state index contributed by atoms with van der Waals surface area (Å²) in [7, 11) is 0. The first kappa shape index (κ1) is 25.0. The molecule has 4 rings (SSSR count). The van der Waals surface area contributed by atoms with Gasteiger partial charge in [-0.1, -0.05) is 12.1 Å². The normalized spacial score (nSPS) is 14.0. The van der Waals surface area contributed by atoms with Gasteiger partial charge in [0.25, 0.3) is 5.91 Å². The van der Waals surface area contributed by atoms with Crippen LogP contribution in [0.15, 0.2) is 42.7 Å². The van der Waals surface area contributed by atoms with Gasteiger partial charge in [-0.05, 0) is 61.4 Å². The van der Waals surface area contributed by atoms with Crippen molar-refractivity contribution in [3.05, 3.63) is 76.9 Å². The number of benzene rings is 1. The van der Waals surface area contributed by atoms with Gasteiger partial charge in [-0.3, -0.25) is 14.6 Å². The number of aromatic nitrogens is 3. The zero-order valence-electron chi connectivity index (χ0n) is 19.9. The highest BCUT2D eigenvalue weighted by molar-refractivity contribution is 5.96. The van der Waals surface area contributed by atoms with Crippen LogP contribution >= 0.6 is 0 Å². The molecule has 1 aliphatic heterocycles. The van der Waals surface area contributed by atoms with Crippen molar-refractivity contribution in [2.75, 3.05) is 24.5 Å². The van der Waals surface area contributed by atoms with Gasteiger partial charge in [-0.15, -0.1) is 0 Å². The number of rotatable bonds is 8. The lowest BCUT2D eigenvalue weighted by atomic mass is 9.92. The van der Waals surface area contributed by atoms with Crippen LogP contribution in [0.1, 0.15) is 46.0 Å². The molecule has 3 N–H and O–H groups in total. The number of aryl methyl sites for hydroxylation is 1. The monoisotopic (exact) mass is 493 g/mol. The summed E-state index contributed by atoms with van der Waals surface area (Å²) >= 11 is 0. The first-order valence-corrected chi connectivity index (χ1v) is 11.8. The van der Waals surface area contributed by atoms with Gasteiger partial charge in [0.05, 0.1) is 11.9 Å². The van der Waals surface area contributed by atoms with E-state index in [-0.39, 0.29) is 23.0 Å². The maximum atomic E-state index is 13.4. The molecule has 0 unspecified atom stereocenters. The van der Waals surface area contributed by atoms with Crippen molar-refractivity contribution in [3.8, 4) is 5.75 Å². The first-order valence-electron chi connectivity index (χ1n) is 11.8. The summed E-state index contributed by atoms with van der Waals surface area (Å²) in [6.45, 7) is 2.76. The second kappa shape index (κ2) is 11.1. The van der Waals surface area contributed by atoms with E-state index in [1.54, 1.807) is 13.1 Å².